The molecule has 9 nitrogen and oxygen atoms in total. The Morgan fingerprint density at radius 2 is 1.76 bits per heavy atom. The van der Waals surface area contributed by atoms with Crippen LogP contribution in [-0.2, 0) is 18.9 Å². The van der Waals surface area contributed by atoms with Crippen molar-refractivity contribution >= 4 is 0 Å². The summed E-state index contributed by atoms with van der Waals surface area (Å²) in [5, 5.41) is 56.0. The van der Waals surface area contributed by atoms with Crippen LogP contribution in [0.4, 0.5) is 0 Å². The number of fused-ring (bicyclic) bond motifs is 2. The first-order chi connectivity index (χ1) is 19.2. The predicted octanol–water partition coefficient (Wildman–Crippen LogP) is 2.49. The average molecular weight is 581 g/mol. The third-order valence-electron chi connectivity index (χ3n) is 10.1. The summed E-state index contributed by atoms with van der Waals surface area (Å²) in [5.74, 6) is 0.178. The van der Waals surface area contributed by atoms with Gasteiger partial charge < -0.3 is 44.5 Å². The summed E-state index contributed by atoms with van der Waals surface area (Å²) in [5.41, 5.74) is 1.51. The molecule has 1 aliphatic heterocycles. The lowest BCUT2D eigenvalue weighted by Gasteiger charge is -2.46. The molecule has 0 bridgehead atoms. The largest absolute Gasteiger partial charge is 0.392 e. The summed E-state index contributed by atoms with van der Waals surface area (Å²) in [6.45, 7) is 16.0. The van der Waals surface area contributed by atoms with Crippen molar-refractivity contribution in [3.63, 3.8) is 0 Å². The zero-order valence-electron chi connectivity index (χ0n) is 25.7. The summed E-state index contributed by atoms with van der Waals surface area (Å²) < 4.78 is 24.0. The summed E-state index contributed by atoms with van der Waals surface area (Å²) >= 11 is 0. The number of ether oxygens (including phenoxy) is 4. The van der Waals surface area contributed by atoms with Crippen molar-refractivity contribution in [2.45, 2.75) is 115 Å². The topological polar surface area (TPSA) is 138 Å². The van der Waals surface area contributed by atoms with Gasteiger partial charge in [0.1, 0.15) is 30.5 Å². The summed E-state index contributed by atoms with van der Waals surface area (Å²) in [4.78, 5) is 0. The van der Waals surface area contributed by atoms with Crippen molar-refractivity contribution in [3.8, 4) is 0 Å². The lowest BCUT2D eigenvalue weighted by atomic mass is 9.68. The monoisotopic (exact) mass is 580 g/mol. The average Bonchev–Trinajstić information content (AvgIpc) is 3.42. The maximum Gasteiger partial charge on any atom is 0.187 e. The molecule has 234 valence electrons. The quantitative estimate of drug-likeness (QED) is 0.261. The molecule has 0 amide bonds. The van der Waals surface area contributed by atoms with E-state index in [1.54, 1.807) is 13.2 Å². The van der Waals surface area contributed by atoms with Gasteiger partial charge in [-0.25, -0.2) is 0 Å². The fourth-order valence-corrected chi connectivity index (χ4v) is 7.30. The number of aliphatic hydroxyl groups excluding tert-OH is 5. The van der Waals surface area contributed by atoms with E-state index in [9.17, 15) is 25.5 Å². The van der Waals surface area contributed by atoms with Crippen LogP contribution in [-0.4, -0.2) is 100 Å². The molecule has 2 fully saturated rings. The van der Waals surface area contributed by atoms with Gasteiger partial charge >= 0.3 is 0 Å². The SMILES string of the molecule is C=CC(C)(C)OC[C@H]1O[C@H](O[C@H]2C3=C(C(C)C)C[C@H](O)[C@]3(C)/C=C3/[C@@H](COC)CC[C@H]3[C@@H](C)[C@H]2O)[C@@H](O)[C@H](O)[C@@H]1O. The number of hydrogen-bond acceptors (Lipinski definition) is 9. The van der Waals surface area contributed by atoms with Gasteiger partial charge in [0.05, 0.1) is 31.0 Å². The van der Waals surface area contributed by atoms with Crippen molar-refractivity contribution in [1.29, 1.82) is 0 Å². The highest BCUT2D eigenvalue weighted by Gasteiger charge is 2.55. The molecule has 1 saturated heterocycles. The van der Waals surface area contributed by atoms with E-state index in [1.165, 1.54) is 5.57 Å². The minimum atomic E-state index is -1.56. The maximum absolute atomic E-state index is 12.0. The van der Waals surface area contributed by atoms with Crippen LogP contribution in [0.1, 0.15) is 60.8 Å². The summed E-state index contributed by atoms with van der Waals surface area (Å²) in [6, 6.07) is 0. The molecule has 1 saturated carbocycles. The van der Waals surface area contributed by atoms with Gasteiger partial charge in [-0.2, -0.15) is 0 Å². The first kappa shape index (κ1) is 32.8. The molecule has 41 heavy (non-hydrogen) atoms. The fraction of sp³-hybridized carbons (Fsp3) is 0.812. The van der Waals surface area contributed by atoms with E-state index in [4.69, 9.17) is 18.9 Å². The number of aliphatic hydroxyl groups is 5. The summed E-state index contributed by atoms with van der Waals surface area (Å²) in [7, 11) is 1.70. The molecule has 0 aromatic heterocycles. The molecule has 1 heterocycles. The van der Waals surface area contributed by atoms with Crippen LogP contribution in [0.2, 0.25) is 0 Å². The standard InChI is InChI=1S/C32H52O9/c1-9-31(5,6)39-15-22-26(35)27(36)28(37)30(40-22)41-29-24-20(16(2)3)12-23(33)32(24,7)13-21-18(14-38-8)10-11-19(21)17(4)25(29)34/h9,13,16-19,22-23,25-30,33-37H,1,10-12,14-15H2,2-8H3/b21-13-/t17-,18-,19+,22-,23+,25-,26-,27-,28+,29+,30-,32+/m1/s1. The lowest BCUT2D eigenvalue weighted by Crippen LogP contribution is -2.61. The highest BCUT2D eigenvalue weighted by molar-refractivity contribution is 5.43. The van der Waals surface area contributed by atoms with E-state index < -0.39 is 60.0 Å². The molecule has 3 aliphatic carbocycles. The van der Waals surface area contributed by atoms with E-state index in [2.05, 4.69) is 26.5 Å². The zero-order chi connectivity index (χ0) is 30.4. The van der Waals surface area contributed by atoms with Gasteiger partial charge in [-0.3, -0.25) is 0 Å². The Morgan fingerprint density at radius 3 is 2.37 bits per heavy atom. The second-order valence-corrected chi connectivity index (χ2v) is 13.6. The van der Waals surface area contributed by atoms with E-state index in [0.717, 1.165) is 24.0 Å². The third kappa shape index (κ3) is 6.12. The van der Waals surface area contributed by atoms with E-state index in [0.29, 0.717) is 13.0 Å². The van der Waals surface area contributed by atoms with Crippen molar-refractivity contribution in [2.75, 3.05) is 20.3 Å². The van der Waals surface area contributed by atoms with E-state index in [-0.39, 0.29) is 30.3 Å². The Balaban J connectivity index is 1.74. The Bertz CT molecular complexity index is 1010. The molecule has 0 spiro atoms. The number of hydrogen-bond donors (Lipinski definition) is 5. The van der Waals surface area contributed by atoms with Crippen LogP contribution in [0.15, 0.2) is 35.5 Å². The van der Waals surface area contributed by atoms with E-state index >= 15 is 0 Å². The van der Waals surface area contributed by atoms with Gasteiger partial charge in [-0.15, -0.1) is 6.58 Å². The minimum Gasteiger partial charge on any atom is -0.392 e. The highest BCUT2D eigenvalue weighted by atomic mass is 16.7. The molecule has 4 aliphatic rings. The maximum atomic E-state index is 12.0. The van der Waals surface area contributed by atoms with Crippen molar-refractivity contribution in [2.24, 2.45) is 29.1 Å². The number of methoxy groups -OCH3 is 1. The van der Waals surface area contributed by atoms with Gasteiger partial charge in [0.15, 0.2) is 6.29 Å². The van der Waals surface area contributed by atoms with Gasteiger partial charge in [0.2, 0.25) is 0 Å². The van der Waals surface area contributed by atoms with Crippen LogP contribution in [0, 0.1) is 29.1 Å². The molecular weight excluding hydrogens is 528 g/mol. The molecule has 12 atom stereocenters. The van der Waals surface area contributed by atoms with Gasteiger partial charge in [0.25, 0.3) is 0 Å². The van der Waals surface area contributed by atoms with Crippen LogP contribution in [0.3, 0.4) is 0 Å². The minimum absolute atomic E-state index is 0.0706. The third-order valence-corrected chi connectivity index (χ3v) is 10.1. The Kier molecular flexibility index (Phi) is 9.96. The summed E-state index contributed by atoms with van der Waals surface area (Å²) in [6.07, 6.45) is -3.38. The second kappa shape index (κ2) is 12.5. The molecule has 5 N–H and O–H groups in total. The fourth-order valence-electron chi connectivity index (χ4n) is 7.30. The van der Waals surface area contributed by atoms with Crippen LogP contribution in [0.25, 0.3) is 0 Å². The molecule has 4 rings (SSSR count). The van der Waals surface area contributed by atoms with Crippen LogP contribution in [0.5, 0.6) is 0 Å². The van der Waals surface area contributed by atoms with Gasteiger partial charge in [0, 0.05) is 18.4 Å². The van der Waals surface area contributed by atoms with Crippen LogP contribution < -0.4 is 0 Å². The Morgan fingerprint density at radius 1 is 1.07 bits per heavy atom. The van der Waals surface area contributed by atoms with Crippen molar-refractivity contribution in [1.82, 2.24) is 0 Å². The molecular formula is C32H52O9. The van der Waals surface area contributed by atoms with Crippen molar-refractivity contribution in [3.05, 3.63) is 35.5 Å². The Labute approximate surface area is 244 Å². The van der Waals surface area contributed by atoms with Gasteiger partial charge in [-0.05, 0) is 63.4 Å². The first-order valence-corrected chi connectivity index (χ1v) is 15.1. The molecule has 0 unspecified atom stereocenters. The number of rotatable bonds is 9. The lowest BCUT2D eigenvalue weighted by molar-refractivity contribution is -0.319. The predicted molar refractivity (Wildman–Crippen MR) is 154 cm³/mol. The van der Waals surface area contributed by atoms with Gasteiger partial charge in [-0.1, -0.05) is 44.1 Å². The van der Waals surface area contributed by atoms with Crippen molar-refractivity contribution < 1.29 is 44.5 Å². The second-order valence-electron chi connectivity index (χ2n) is 13.6. The molecule has 9 heteroatoms. The van der Waals surface area contributed by atoms with E-state index in [1.807, 2.05) is 27.7 Å². The molecule has 0 aromatic carbocycles. The highest BCUT2D eigenvalue weighted by Crippen LogP contribution is 2.55. The molecule has 0 aromatic rings. The Hall–Kier alpha value is -1.14. The van der Waals surface area contributed by atoms with Crippen LogP contribution >= 0.6 is 0 Å². The smallest absolute Gasteiger partial charge is 0.187 e. The zero-order valence-corrected chi connectivity index (χ0v) is 25.7. The molecule has 0 radical (unpaired) electrons. The first-order valence-electron chi connectivity index (χ1n) is 15.1. The normalized spacial score (nSPS) is 44.7.